The number of fused-ring (bicyclic) bond motifs is 1. The van der Waals surface area contributed by atoms with E-state index in [0.29, 0.717) is 50.4 Å². The van der Waals surface area contributed by atoms with Crippen LogP contribution in [0.25, 0.3) is 11.2 Å². The molecule has 0 N–H and O–H groups in total. The minimum atomic E-state index is -0.395. The van der Waals surface area contributed by atoms with Crippen molar-refractivity contribution in [2.45, 2.75) is 13.0 Å². The van der Waals surface area contributed by atoms with Crippen LogP contribution in [0.5, 0.6) is 0 Å². The highest BCUT2D eigenvalue weighted by Crippen LogP contribution is 2.11. The van der Waals surface area contributed by atoms with Crippen LogP contribution in [-0.2, 0) is 17.7 Å². The van der Waals surface area contributed by atoms with Gasteiger partial charge in [-0.3, -0.25) is 14.2 Å². The molecule has 1 aliphatic heterocycles. The SMILES string of the molecule is O=C(c1nc2cccnc2n(CCc2ccccc2)c1=O)N1CCOCC1. The largest absolute Gasteiger partial charge is 0.378 e. The molecule has 4 rings (SSSR count). The lowest BCUT2D eigenvalue weighted by molar-refractivity contribution is 0.0297. The summed E-state index contributed by atoms with van der Waals surface area (Å²) in [4.78, 5) is 36.2. The van der Waals surface area contributed by atoms with Gasteiger partial charge in [0.15, 0.2) is 11.3 Å². The van der Waals surface area contributed by atoms with Crippen LogP contribution in [0, 0.1) is 0 Å². The van der Waals surface area contributed by atoms with Crippen molar-refractivity contribution in [3.63, 3.8) is 0 Å². The van der Waals surface area contributed by atoms with Gasteiger partial charge in [-0.15, -0.1) is 0 Å². The van der Waals surface area contributed by atoms with Crippen molar-refractivity contribution in [2.75, 3.05) is 26.3 Å². The van der Waals surface area contributed by atoms with Gasteiger partial charge in [0.2, 0.25) is 0 Å². The van der Waals surface area contributed by atoms with Gasteiger partial charge in [0.25, 0.3) is 11.5 Å². The van der Waals surface area contributed by atoms with E-state index < -0.39 is 5.56 Å². The number of pyridine rings is 1. The summed E-state index contributed by atoms with van der Waals surface area (Å²) in [7, 11) is 0. The Bertz CT molecular complexity index is 1010. The predicted octanol–water partition coefficient (Wildman–Crippen LogP) is 1.51. The summed E-state index contributed by atoms with van der Waals surface area (Å²) in [5.74, 6) is -0.345. The molecule has 1 amide bonds. The highest BCUT2D eigenvalue weighted by atomic mass is 16.5. The zero-order valence-electron chi connectivity index (χ0n) is 14.9. The van der Waals surface area contributed by atoms with Crippen LogP contribution in [-0.4, -0.2) is 51.6 Å². The number of aryl methyl sites for hydroxylation is 2. The van der Waals surface area contributed by atoms with Gasteiger partial charge in [-0.2, -0.15) is 0 Å². The molecule has 0 saturated carbocycles. The lowest BCUT2D eigenvalue weighted by atomic mass is 10.1. The summed E-state index contributed by atoms with van der Waals surface area (Å²) in [5.41, 5.74) is 1.71. The second-order valence-corrected chi connectivity index (χ2v) is 6.40. The molecule has 138 valence electrons. The molecule has 1 aliphatic rings. The molecule has 1 aromatic carbocycles. The summed E-state index contributed by atoms with van der Waals surface area (Å²) in [6, 6.07) is 13.4. The van der Waals surface area contributed by atoms with Crippen LogP contribution in [0.1, 0.15) is 16.1 Å². The third-order valence-electron chi connectivity index (χ3n) is 4.67. The molecule has 7 heteroatoms. The minimum absolute atomic E-state index is 0.0505. The molecule has 7 nitrogen and oxygen atoms in total. The van der Waals surface area contributed by atoms with Gasteiger partial charge < -0.3 is 9.64 Å². The van der Waals surface area contributed by atoms with E-state index in [1.807, 2.05) is 30.3 Å². The lowest BCUT2D eigenvalue weighted by Gasteiger charge is -2.26. The molecule has 0 aliphatic carbocycles. The lowest BCUT2D eigenvalue weighted by Crippen LogP contribution is -2.44. The fourth-order valence-corrected chi connectivity index (χ4v) is 3.22. The number of rotatable bonds is 4. The van der Waals surface area contributed by atoms with Crippen LogP contribution in [0.4, 0.5) is 0 Å². The van der Waals surface area contributed by atoms with E-state index >= 15 is 0 Å². The number of hydrogen-bond donors (Lipinski definition) is 0. The number of carbonyl (C=O) groups excluding carboxylic acids is 1. The van der Waals surface area contributed by atoms with E-state index in [0.717, 1.165) is 5.56 Å². The molecule has 0 bridgehead atoms. The van der Waals surface area contributed by atoms with Crippen LogP contribution in [0.15, 0.2) is 53.5 Å². The molecule has 0 radical (unpaired) electrons. The monoisotopic (exact) mass is 364 g/mol. The van der Waals surface area contributed by atoms with Gasteiger partial charge in [-0.05, 0) is 24.1 Å². The van der Waals surface area contributed by atoms with Crippen LogP contribution >= 0.6 is 0 Å². The zero-order chi connectivity index (χ0) is 18.6. The summed E-state index contributed by atoms with van der Waals surface area (Å²) in [5, 5.41) is 0. The number of morpholine rings is 1. The van der Waals surface area contributed by atoms with E-state index in [-0.39, 0.29) is 11.6 Å². The third kappa shape index (κ3) is 3.59. The molecule has 0 atom stereocenters. The van der Waals surface area contributed by atoms with Crippen molar-refractivity contribution < 1.29 is 9.53 Å². The van der Waals surface area contributed by atoms with Crippen LogP contribution in [0.2, 0.25) is 0 Å². The second kappa shape index (κ2) is 7.67. The maximum absolute atomic E-state index is 13.1. The zero-order valence-corrected chi connectivity index (χ0v) is 14.9. The molecular weight excluding hydrogens is 344 g/mol. The highest BCUT2D eigenvalue weighted by molar-refractivity contribution is 5.93. The molecule has 27 heavy (non-hydrogen) atoms. The first-order valence-corrected chi connectivity index (χ1v) is 9.00. The Morgan fingerprint density at radius 1 is 1.07 bits per heavy atom. The summed E-state index contributed by atoms with van der Waals surface area (Å²) in [6.45, 7) is 2.32. The first-order valence-electron chi connectivity index (χ1n) is 9.00. The molecule has 2 aromatic heterocycles. The summed E-state index contributed by atoms with van der Waals surface area (Å²) >= 11 is 0. The average Bonchev–Trinajstić information content (AvgIpc) is 2.73. The molecule has 1 saturated heterocycles. The molecule has 3 heterocycles. The maximum atomic E-state index is 13.1. The van der Waals surface area contributed by atoms with Crippen LogP contribution < -0.4 is 5.56 Å². The van der Waals surface area contributed by atoms with E-state index in [1.54, 1.807) is 27.8 Å². The van der Waals surface area contributed by atoms with Crippen molar-refractivity contribution in [1.29, 1.82) is 0 Å². The maximum Gasteiger partial charge on any atom is 0.283 e. The Morgan fingerprint density at radius 3 is 2.63 bits per heavy atom. The molecule has 1 fully saturated rings. The summed E-state index contributed by atoms with van der Waals surface area (Å²) < 4.78 is 6.85. The van der Waals surface area contributed by atoms with Crippen molar-refractivity contribution >= 4 is 17.1 Å². The Balaban J connectivity index is 1.73. The van der Waals surface area contributed by atoms with E-state index in [1.165, 1.54) is 0 Å². The van der Waals surface area contributed by atoms with E-state index in [2.05, 4.69) is 9.97 Å². The Hall–Kier alpha value is -3.06. The van der Waals surface area contributed by atoms with Crippen molar-refractivity contribution in [3.8, 4) is 0 Å². The van der Waals surface area contributed by atoms with E-state index in [4.69, 9.17) is 4.74 Å². The van der Waals surface area contributed by atoms with Gasteiger partial charge in [-0.1, -0.05) is 30.3 Å². The first kappa shape index (κ1) is 17.4. The Labute approximate surface area is 156 Å². The number of amides is 1. The van der Waals surface area contributed by atoms with Gasteiger partial charge in [0.05, 0.1) is 13.2 Å². The number of nitrogens with zero attached hydrogens (tertiary/aromatic N) is 4. The summed E-state index contributed by atoms with van der Waals surface area (Å²) in [6.07, 6.45) is 2.30. The average molecular weight is 364 g/mol. The van der Waals surface area contributed by atoms with E-state index in [9.17, 15) is 9.59 Å². The van der Waals surface area contributed by atoms with Crippen molar-refractivity contribution in [3.05, 3.63) is 70.3 Å². The molecule has 0 spiro atoms. The number of hydrogen-bond acceptors (Lipinski definition) is 5. The highest BCUT2D eigenvalue weighted by Gasteiger charge is 2.24. The quantitative estimate of drug-likeness (QED) is 0.701. The Kier molecular flexibility index (Phi) is 4.93. The fraction of sp³-hybridized carbons (Fsp3) is 0.300. The van der Waals surface area contributed by atoms with Crippen molar-refractivity contribution in [2.24, 2.45) is 0 Å². The molecule has 3 aromatic rings. The fourth-order valence-electron chi connectivity index (χ4n) is 3.22. The van der Waals surface area contributed by atoms with Gasteiger partial charge in [-0.25, -0.2) is 9.97 Å². The van der Waals surface area contributed by atoms with Crippen molar-refractivity contribution in [1.82, 2.24) is 19.4 Å². The standard InChI is InChI=1S/C20H20N4O3/c25-19(23-11-13-27-14-12-23)17-20(26)24(10-8-15-5-2-1-3-6-15)18-16(22-17)7-4-9-21-18/h1-7,9H,8,10-14H2. The molecule has 0 unspecified atom stereocenters. The third-order valence-corrected chi connectivity index (χ3v) is 4.67. The smallest absolute Gasteiger partial charge is 0.283 e. The number of benzene rings is 1. The van der Waals surface area contributed by atoms with Gasteiger partial charge in [0, 0.05) is 25.8 Å². The normalized spacial score (nSPS) is 14.4. The first-order chi connectivity index (χ1) is 13.2. The second-order valence-electron chi connectivity index (χ2n) is 6.40. The van der Waals surface area contributed by atoms with Crippen LogP contribution in [0.3, 0.4) is 0 Å². The topological polar surface area (TPSA) is 77.3 Å². The van der Waals surface area contributed by atoms with Gasteiger partial charge in [0.1, 0.15) is 5.52 Å². The number of carbonyl (C=O) groups is 1. The number of aromatic nitrogens is 3. The predicted molar refractivity (Wildman–Crippen MR) is 101 cm³/mol. The Morgan fingerprint density at radius 2 is 1.85 bits per heavy atom. The minimum Gasteiger partial charge on any atom is -0.378 e. The number of ether oxygens (including phenoxy) is 1. The van der Waals surface area contributed by atoms with Gasteiger partial charge >= 0.3 is 0 Å². The molecular formula is C20H20N4O3.